The monoisotopic (exact) mass is 339 g/mol. The fourth-order valence-corrected chi connectivity index (χ4v) is 2.92. The molecule has 3 unspecified atom stereocenters. The third kappa shape index (κ3) is 6.59. The average Bonchev–Trinajstić information content (AvgIpc) is 2.47. The Morgan fingerprint density at radius 3 is 2.61 bits per heavy atom. The zero-order valence-corrected chi connectivity index (χ0v) is 14.5. The Morgan fingerprint density at radius 1 is 1.30 bits per heavy atom. The molecule has 0 aliphatic carbocycles. The molecule has 3 N–H and O–H groups in total. The van der Waals surface area contributed by atoms with E-state index < -0.39 is 0 Å². The summed E-state index contributed by atoms with van der Waals surface area (Å²) in [6, 6.07) is 9.98. The van der Waals surface area contributed by atoms with Crippen molar-refractivity contribution in [1.82, 2.24) is 16.0 Å². The second kappa shape index (κ2) is 9.53. The van der Waals surface area contributed by atoms with Crippen LogP contribution in [0.1, 0.15) is 44.7 Å². The first-order chi connectivity index (χ1) is 10.5. The summed E-state index contributed by atoms with van der Waals surface area (Å²) in [7, 11) is 0. The van der Waals surface area contributed by atoms with Gasteiger partial charge in [-0.3, -0.25) is 9.59 Å². The second-order valence-electron chi connectivity index (χ2n) is 6.01. The van der Waals surface area contributed by atoms with Gasteiger partial charge in [0.25, 0.3) is 0 Å². The van der Waals surface area contributed by atoms with E-state index in [9.17, 15) is 9.59 Å². The zero-order chi connectivity index (χ0) is 15.9. The van der Waals surface area contributed by atoms with Crippen molar-refractivity contribution in [3.05, 3.63) is 35.9 Å². The summed E-state index contributed by atoms with van der Waals surface area (Å²) < 4.78 is 0. The van der Waals surface area contributed by atoms with Crippen LogP contribution in [0.5, 0.6) is 0 Å². The van der Waals surface area contributed by atoms with Crippen molar-refractivity contribution >= 4 is 24.2 Å². The van der Waals surface area contributed by atoms with E-state index in [0.29, 0.717) is 6.04 Å². The number of carbonyl (C=O) groups is 2. The maximum absolute atomic E-state index is 12.3. The molecule has 0 aromatic heterocycles. The molecule has 128 valence electrons. The fraction of sp³-hybridized carbons (Fsp3) is 0.529. The minimum Gasteiger partial charge on any atom is -0.353 e. The molecule has 5 nitrogen and oxygen atoms in total. The van der Waals surface area contributed by atoms with Crippen molar-refractivity contribution < 1.29 is 9.59 Å². The van der Waals surface area contributed by atoms with Crippen molar-refractivity contribution in [3.8, 4) is 0 Å². The Hall–Kier alpha value is -1.59. The van der Waals surface area contributed by atoms with Crippen molar-refractivity contribution in [3.63, 3.8) is 0 Å². The first-order valence-corrected chi connectivity index (χ1v) is 7.89. The molecule has 1 aliphatic heterocycles. The van der Waals surface area contributed by atoms with Gasteiger partial charge in [-0.15, -0.1) is 12.4 Å². The Bertz CT molecular complexity index is 510. The van der Waals surface area contributed by atoms with Gasteiger partial charge in [0.05, 0.1) is 12.5 Å². The minimum absolute atomic E-state index is 0. The molecule has 3 atom stereocenters. The number of halogens is 1. The molecule has 1 saturated heterocycles. The first kappa shape index (κ1) is 19.5. The summed E-state index contributed by atoms with van der Waals surface area (Å²) in [6.45, 7) is 4.53. The maximum Gasteiger partial charge on any atom is 0.222 e. The number of nitrogens with one attached hydrogen (secondary N) is 3. The summed E-state index contributed by atoms with van der Waals surface area (Å²) in [5.41, 5.74) is 0.950. The number of benzene rings is 1. The lowest BCUT2D eigenvalue weighted by atomic mass is 9.99. The molecule has 2 amide bonds. The van der Waals surface area contributed by atoms with E-state index >= 15 is 0 Å². The van der Waals surface area contributed by atoms with E-state index in [-0.39, 0.29) is 42.7 Å². The van der Waals surface area contributed by atoms with Crippen LogP contribution in [0.25, 0.3) is 0 Å². The molecule has 1 fully saturated rings. The molecule has 0 bridgehead atoms. The van der Waals surface area contributed by atoms with E-state index in [1.54, 1.807) is 0 Å². The number of carbonyl (C=O) groups excluding carboxylic acids is 2. The lowest BCUT2D eigenvalue weighted by molar-refractivity contribution is -0.123. The maximum atomic E-state index is 12.3. The molecular weight excluding hydrogens is 314 g/mol. The molecule has 2 rings (SSSR count). The molecule has 0 spiro atoms. The van der Waals surface area contributed by atoms with Gasteiger partial charge in [0.2, 0.25) is 11.8 Å². The highest BCUT2D eigenvalue weighted by molar-refractivity contribution is 5.85. The van der Waals surface area contributed by atoms with Gasteiger partial charge >= 0.3 is 0 Å². The summed E-state index contributed by atoms with van der Waals surface area (Å²) in [5, 5.41) is 9.32. The van der Waals surface area contributed by atoms with Crippen LogP contribution >= 0.6 is 12.4 Å². The van der Waals surface area contributed by atoms with Gasteiger partial charge < -0.3 is 16.0 Å². The molecular formula is C17H26ClN3O2. The van der Waals surface area contributed by atoms with Gasteiger partial charge in [-0.25, -0.2) is 0 Å². The number of amides is 2. The Morgan fingerprint density at radius 2 is 2.00 bits per heavy atom. The fourth-order valence-electron chi connectivity index (χ4n) is 2.92. The van der Waals surface area contributed by atoms with Crippen molar-refractivity contribution in [2.75, 3.05) is 6.54 Å². The van der Waals surface area contributed by atoms with Crippen molar-refractivity contribution in [2.45, 2.75) is 51.2 Å². The lowest BCUT2D eigenvalue weighted by Gasteiger charge is -2.29. The Kier molecular flexibility index (Phi) is 8.06. The number of piperidine rings is 1. The van der Waals surface area contributed by atoms with Gasteiger partial charge in [-0.2, -0.15) is 0 Å². The highest BCUT2D eigenvalue weighted by Crippen LogP contribution is 2.17. The van der Waals surface area contributed by atoms with E-state index in [2.05, 4.69) is 22.9 Å². The summed E-state index contributed by atoms with van der Waals surface area (Å²) in [5.74, 6) is -0.140. The smallest absolute Gasteiger partial charge is 0.222 e. The van der Waals surface area contributed by atoms with Gasteiger partial charge in [-0.1, -0.05) is 30.3 Å². The van der Waals surface area contributed by atoms with E-state index in [1.807, 2.05) is 30.3 Å². The van der Waals surface area contributed by atoms with Gasteiger partial charge in [0.15, 0.2) is 0 Å². The van der Waals surface area contributed by atoms with Crippen LogP contribution < -0.4 is 16.0 Å². The van der Waals surface area contributed by atoms with Gasteiger partial charge in [0.1, 0.15) is 0 Å². The molecule has 0 radical (unpaired) electrons. The zero-order valence-electron chi connectivity index (χ0n) is 13.7. The minimum atomic E-state index is -0.280. The highest BCUT2D eigenvalue weighted by Gasteiger charge is 2.22. The molecule has 6 heteroatoms. The summed E-state index contributed by atoms with van der Waals surface area (Å²) in [6.07, 6.45) is 2.16. The normalized spacial score (nSPS) is 21.7. The first-order valence-electron chi connectivity index (χ1n) is 7.89. The van der Waals surface area contributed by atoms with Crippen LogP contribution in [-0.4, -0.2) is 30.4 Å². The number of hydrogen-bond donors (Lipinski definition) is 3. The van der Waals surface area contributed by atoms with Crippen molar-refractivity contribution in [2.24, 2.45) is 0 Å². The third-order valence-corrected chi connectivity index (χ3v) is 3.96. The topological polar surface area (TPSA) is 70.2 Å². The van der Waals surface area contributed by atoms with Crippen LogP contribution in [0.3, 0.4) is 0 Å². The van der Waals surface area contributed by atoms with Crippen LogP contribution in [0.2, 0.25) is 0 Å². The molecule has 23 heavy (non-hydrogen) atoms. The Labute approximate surface area is 144 Å². The second-order valence-corrected chi connectivity index (χ2v) is 6.01. The molecule has 1 heterocycles. The van der Waals surface area contributed by atoms with Crippen LogP contribution in [0, 0.1) is 0 Å². The van der Waals surface area contributed by atoms with E-state index in [1.165, 1.54) is 6.92 Å². The van der Waals surface area contributed by atoms with E-state index in [4.69, 9.17) is 0 Å². The summed E-state index contributed by atoms with van der Waals surface area (Å²) >= 11 is 0. The number of rotatable bonds is 5. The van der Waals surface area contributed by atoms with Crippen LogP contribution in [0.4, 0.5) is 0 Å². The molecule has 1 aliphatic rings. The van der Waals surface area contributed by atoms with Gasteiger partial charge in [0, 0.05) is 19.0 Å². The van der Waals surface area contributed by atoms with Crippen LogP contribution in [0.15, 0.2) is 30.3 Å². The van der Waals surface area contributed by atoms with Crippen molar-refractivity contribution in [1.29, 1.82) is 0 Å². The lowest BCUT2D eigenvalue weighted by Crippen LogP contribution is -2.47. The number of hydrogen-bond acceptors (Lipinski definition) is 3. The third-order valence-electron chi connectivity index (χ3n) is 3.96. The van der Waals surface area contributed by atoms with Gasteiger partial charge in [-0.05, 0) is 31.9 Å². The predicted molar refractivity (Wildman–Crippen MR) is 93.5 cm³/mol. The predicted octanol–water partition coefficient (Wildman–Crippen LogP) is 1.93. The highest BCUT2D eigenvalue weighted by atomic mass is 35.5. The molecule has 1 aromatic rings. The molecule has 0 saturated carbocycles. The SMILES string of the molecule is CC(=O)NC(CC(=O)NC1CCNC(C)C1)c1ccccc1.Cl. The molecule has 1 aromatic carbocycles. The average molecular weight is 340 g/mol. The largest absolute Gasteiger partial charge is 0.353 e. The Balaban J connectivity index is 0.00000264. The quantitative estimate of drug-likeness (QED) is 0.767. The van der Waals surface area contributed by atoms with E-state index in [0.717, 1.165) is 24.9 Å². The standard InChI is InChI=1S/C17H25N3O2.ClH/c1-12-10-15(8-9-18-12)20-17(22)11-16(19-13(2)21)14-6-4-3-5-7-14;/h3-7,12,15-16,18H,8-11H2,1-2H3,(H,19,21)(H,20,22);1H. The van der Waals surface area contributed by atoms with Crippen LogP contribution in [-0.2, 0) is 9.59 Å². The summed E-state index contributed by atoms with van der Waals surface area (Å²) in [4.78, 5) is 23.7.